The lowest BCUT2D eigenvalue weighted by Gasteiger charge is -2.32. The van der Waals surface area contributed by atoms with Crippen molar-refractivity contribution in [1.82, 2.24) is 10.2 Å². The second-order valence-corrected chi connectivity index (χ2v) is 5.26. The Bertz CT molecular complexity index is 331. The number of anilines is 1. The zero-order valence-electron chi connectivity index (χ0n) is 8.89. The molecule has 1 aliphatic heterocycles. The number of hydrogen-bond acceptors (Lipinski definition) is 5. The molecule has 0 amide bonds. The van der Waals surface area contributed by atoms with E-state index in [2.05, 4.69) is 22.0 Å². The average Bonchev–Trinajstić information content (AvgIpc) is 2.29. The predicted octanol–water partition coefficient (Wildman–Crippen LogP) is 0.877. The molecule has 2 heterocycles. The lowest BCUT2D eigenvalue weighted by atomic mass is 10.2. The lowest BCUT2D eigenvalue weighted by molar-refractivity contribution is 0.750. The molecule has 1 unspecified atom stereocenters. The Kier molecular flexibility index (Phi) is 3.43. The average molecular weight is 224 g/mol. The Labute approximate surface area is 94.2 Å². The van der Waals surface area contributed by atoms with E-state index in [4.69, 9.17) is 5.73 Å². The maximum Gasteiger partial charge on any atom is 0.155 e. The summed E-state index contributed by atoms with van der Waals surface area (Å²) in [6, 6.07) is 1.95. The van der Waals surface area contributed by atoms with Crippen molar-refractivity contribution in [1.29, 1.82) is 0 Å². The summed E-state index contributed by atoms with van der Waals surface area (Å²) in [7, 11) is 0. The van der Waals surface area contributed by atoms with Crippen LogP contribution in [0.5, 0.6) is 0 Å². The van der Waals surface area contributed by atoms with Gasteiger partial charge in [-0.05, 0) is 6.07 Å². The van der Waals surface area contributed by atoms with Gasteiger partial charge < -0.3 is 10.6 Å². The molecule has 4 nitrogen and oxygen atoms in total. The number of hydrogen-bond donors (Lipinski definition) is 1. The van der Waals surface area contributed by atoms with Crippen molar-refractivity contribution in [3.63, 3.8) is 0 Å². The number of aromatic nitrogens is 2. The minimum atomic E-state index is 0.531. The lowest BCUT2D eigenvalue weighted by Crippen LogP contribution is -2.38. The fraction of sp³-hybridized carbons (Fsp3) is 0.600. The van der Waals surface area contributed by atoms with Crippen LogP contribution in [0.25, 0.3) is 0 Å². The molecule has 1 aromatic heterocycles. The molecule has 15 heavy (non-hydrogen) atoms. The van der Waals surface area contributed by atoms with Gasteiger partial charge in [0.1, 0.15) is 0 Å². The first-order chi connectivity index (χ1) is 7.31. The van der Waals surface area contributed by atoms with Gasteiger partial charge in [-0.2, -0.15) is 16.9 Å². The Hall–Kier alpha value is -0.810. The number of nitrogens with two attached hydrogens (primary N) is 1. The fourth-order valence-corrected chi connectivity index (χ4v) is 2.80. The van der Waals surface area contributed by atoms with E-state index >= 15 is 0 Å². The van der Waals surface area contributed by atoms with E-state index in [1.54, 1.807) is 6.20 Å². The highest BCUT2D eigenvalue weighted by molar-refractivity contribution is 8.00. The Morgan fingerprint density at radius 3 is 3.27 bits per heavy atom. The molecule has 0 saturated carbocycles. The molecule has 1 saturated heterocycles. The van der Waals surface area contributed by atoms with Gasteiger partial charge in [-0.25, -0.2) is 0 Å². The predicted molar refractivity (Wildman–Crippen MR) is 64.1 cm³/mol. The van der Waals surface area contributed by atoms with Crippen LogP contribution in [0.2, 0.25) is 0 Å². The van der Waals surface area contributed by atoms with Gasteiger partial charge >= 0.3 is 0 Å². The van der Waals surface area contributed by atoms with Gasteiger partial charge in [-0.15, -0.1) is 5.10 Å². The van der Waals surface area contributed by atoms with E-state index in [1.165, 1.54) is 0 Å². The molecule has 1 aliphatic rings. The van der Waals surface area contributed by atoms with Crippen molar-refractivity contribution in [2.24, 2.45) is 5.73 Å². The Morgan fingerprint density at radius 2 is 2.53 bits per heavy atom. The summed E-state index contributed by atoms with van der Waals surface area (Å²) >= 11 is 2.01. The minimum Gasteiger partial charge on any atom is -0.353 e. The van der Waals surface area contributed by atoms with E-state index in [0.717, 1.165) is 30.2 Å². The summed E-state index contributed by atoms with van der Waals surface area (Å²) in [5.74, 6) is 2.12. The smallest absolute Gasteiger partial charge is 0.155 e. The standard InChI is InChI=1S/C10H16N4S/c1-8-7-14(4-5-15-8)10-9(6-11)2-3-12-13-10/h2-3,8H,4-7,11H2,1H3. The second-order valence-electron chi connectivity index (χ2n) is 3.71. The summed E-state index contributed by atoms with van der Waals surface area (Å²) in [5, 5.41) is 8.79. The maximum absolute atomic E-state index is 5.69. The van der Waals surface area contributed by atoms with Crippen LogP contribution in [0.4, 0.5) is 5.82 Å². The van der Waals surface area contributed by atoms with Gasteiger partial charge in [0.25, 0.3) is 0 Å². The third-order valence-electron chi connectivity index (χ3n) is 2.54. The van der Waals surface area contributed by atoms with E-state index in [0.29, 0.717) is 11.8 Å². The van der Waals surface area contributed by atoms with Crippen molar-refractivity contribution < 1.29 is 0 Å². The summed E-state index contributed by atoms with van der Waals surface area (Å²) in [6.07, 6.45) is 1.70. The number of nitrogens with zero attached hydrogens (tertiary/aromatic N) is 3. The zero-order valence-corrected chi connectivity index (χ0v) is 9.70. The van der Waals surface area contributed by atoms with Crippen molar-refractivity contribution in [2.45, 2.75) is 18.7 Å². The van der Waals surface area contributed by atoms with Crippen molar-refractivity contribution >= 4 is 17.6 Å². The van der Waals surface area contributed by atoms with Crippen LogP contribution in [0.15, 0.2) is 12.3 Å². The molecule has 1 atom stereocenters. The van der Waals surface area contributed by atoms with E-state index < -0.39 is 0 Å². The fourth-order valence-electron chi connectivity index (χ4n) is 1.79. The first kappa shape index (κ1) is 10.7. The Balaban J connectivity index is 2.20. The van der Waals surface area contributed by atoms with E-state index in [-0.39, 0.29) is 0 Å². The molecule has 0 aromatic carbocycles. The first-order valence-electron chi connectivity index (χ1n) is 5.18. The van der Waals surface area contributed by atoms with E-state index in [1.807, 2.05) is 17.8 Å². The molecular weight excluding hydrogens is 208 g/mol. The molecule has 0 bridgehead atoms. The number of rotatable bonds is 2. The van der Waals surface area contributed by atoms with E-state index in [9.17, 15) is 0 Å². The normalized spacial score (nSPS) is 21.7. The molecule has 0 aliphatic carbocycles. The quantitative estimate of drug-likeness (QED) is 0.808. The summed E-state index contributed by atoms with van der Waals surface area (Å²) < 4.78 is 0. The molecule has 1 aromatic rings. The molecule has 0 spiro atoms. The van der Waals surface area contributed by atoms with Crippen molar-refractivity contribution in [3.05, 3.63) is 17.8 Å². The SMILES string of the molecule is CC1CN(c2nnccc2CN)CCS1. The third kappa shape index (κ3) is 2.41. The first-order valence-corrected chi connectivity index (χ1v) is 6.23. The molecule has 2 rings (SSSR count). The highest BCUT2D eigenvalue weighted by atomic mass is 32.2. The number of thioether (sulfide) groups is 1. The summed E-state index contributed by atoms with van der Waals surface area (Å²) in [4.78, 5) is 2.29. The largest absolute Gasteiger partial charge is 0.353 e. The van der Waals surface area contributed by atoms with Crippen LogP contribution in [0.1, 0.15) is 12.5 Å². The van der Waals surface area contributed by atoms with Crippen LogP contribution in [0, 0.1) is 0 Å². The van der Waals surface area contributed by atoms with Crippen molar-refractivity contribution in [2.75, 3.05) is 23.7 Å². The summed E-state index contributed by atoms with van der Waals surface area (Å²) in [5.41, 5.74) is 6.78. The monoisotopic (exact) mass is 224 g/mol. The van der Waals surface area contributed by atoms with Gasteiger partial charge in [0.15, 0.2) is 5.82 Å². The highest BCUT2D eigenvalue weighted by Gasteiger charge is 2.19. The third-order valence-corrected chi connectivity index (χ3v) is 3.68. The molecule has 2 N–H and O–H groups in total. The topological polar surface area (TPSA) is 55.0 Å². The van der Waals surface area contributed by atoms with Gasteiger partial charge in [0.2, 0.25) is 0 Å². The van der Waals surface area contributed by atoms with Crippen LogP contribution in [-0.2, 0) is 6.54 Å². The van der Waals surface area contributed by atoms with Gasteiger partial charge in [-0.3, -0.25) is 0 Å². The maximum atomic E-state index is 5.69. The van der Waals surface area contributed by atoms with Gasteiger partial charge in [-0.1, -0.05) is 6.92 Å². The zero-order chi connectivity index (χ0) is 10.7. The van der Waals surface area contributed by atoms with Gasteiger partial charge in [0.05, 0.1) is 6.20 Å². The molecule has 0 radical (unpaired) electrons. The molecule has 5 heteroatoms. The van der Waals surface area contributed by atoms with Gasteiger partial charge in [0, 0.05) is 36.2 Å². The van der Waals surface area contributed by atoms with Crippen LogP contribution in [0.3, 0.4) is 0 Å². The minimum absolute atomic E-state index is 0.531. The van der Waals surface area contributed by atoms with Crippen LogP contribution >= 0.6 is 11.8 Å². The van der Waals surface area contributed by atoms with Crippen molar-refractivity contribution in [3.8, 4) is 0 Å². The molecule has 82 valence electrons. The Morgan fingerprint density at radius 1 is 1.67 bits per heavy atom. The summed E-state index contributed by atoms with van der Waals surface area (Å²) in [6.45, 7) is 4.86. The molecule has 1 fully saturated rings. The highest BCUT2D eigenvalue weighted by Crippen LogP contribution is 2.23. The second kappa shape index (κ2) is 4.81. The van der Waals surface area contributed by atoms with Crippen LogP contribution < -0.4 is 10.6 Å². The van der Waals surface area contributed by atoms with Crippen LogP contribution in [-0.4, -0.2) is 34.3 Å². The molecular formula is C10H16N4S.